The van der Waals surface area contributed by atoms with Crippen LogP contribution in [0.3, 0.4) is 0 Å². The third kappa shape index (κ3) is 5.40. The minimum atomic E-state index is -3.82. The molecular formula is C20H25N7O6S. The smallest absolute Gasteiger partial charge is 0.332 e. The molecular weight excluding hydrogens is 466 g/mol. The average molecular weight is 492 g/mol. The molecule has 2 aromatic heterocycles. The lowest BCUT2D eigenvalue weighted by atomic mass is 10.2. The molecule has 0 radical (unpaired) electrons. The van der Waals surface area contributed by atoms with E-state index in [1.165, 1.54) is 53.8 Å². The van der Waals surface area contributed by atoms with Gasteiger partial charge in [-0.1, -0.05) is 0 Å². The van der Waals surface area contributed by atoms with Crippen LogP contribution >= 0.6 is 0 Å². The highest BCUT2D eigenvalue weighted by Gasteiger charge is 2.16. The molecule has 1 aromatic carbocycles. The molecule has 2 amide bonds. The molecule has 0 fully saturated rings. The van der Waals surface area contributed by atoms with Gasteiger partial charge in [0.05, 0.1) is 11.2 Å². The number of hydrogen-bond acceptors (Lipinski definition) is 7. The van der Waals surface area contributed by atoms with Gasteiger partial charge >= 0.3 is 5.69 Å². The molecule has 14 heteroatoms. The van der Waals surface area contributed by atoms with Crippen LogP contribution in [0, 0.1) is 0 Å². The second-order valence-corrected chi connectivity index (χ2v) is 9.19. The second kappa shape index (κ2) is 10.0. The standard InChI is InChI=1S/C20H25N7O6S/c1-25-17-16(19(30)26(2)20(25)31)27(12-24-17)11-15(28)22-9-3-4-10-23-18(29)13-5-7-14(8-6-13)34(21,32)33/h5-8,12H,3-4,9-11H2,1-2H3,(H,22,28)(H,23,29)(H2,21,32,33). The van der Waals surface area contributed by atoms with Crippen molar-refractivity contribution < 1.29 is 18.0 Å². The van der Waals surface area contributed by atoms with Gasteiger partial charge in [-0.3, -0.25) is 23.5 Å². The number of unbranched alkanes of at least 4 members (excludes halogenated alkanes) is 1. The monoisotopic (exact) mass is 491 g/mol. The number of rotatable bonds is 9. The number of aryl methyl sites for hydroxylation is 1. The maximum atomic E-state index is 12.4. The summed E-state index contributed by atoms with van der Waals surface area (Å²) >= 11 is 0. The fraction of sp³-hybridized carbons (Fsp3) is 0.350. The van der Waals surface area contributed by atoms with E-state index in [4.69, 9.17) is 5.14 Å². The van der Waals surface area contributed by atoms with Crippen LogP contribution in [0.5, 0.6) is 0 Å². The SMILES string of the molecule is Cn1c(=O)c2c(ncn2CC(=O)NCCCCNC(=O)c2ccc(S(N)(=O)=O)cc2)n(C)c1=O. The maximum absolute atomic E-state index is 12.4. The van der Waals surface area contributed by atoms with Gasteiger partial charge in [-0.15, -0.1) is 0 Å². The van der Waals surface area contributed by atoms with E-state index in [9.17, 15) is 27.6 Å². The van der Waals surface area contributed by atoms with Gasteiger partial charge in [0.2, 0.25) is 15.9 Å². The number of fused-ring (bicyclic) bond motifs is 1. The summed E-state index contributed by atoms with van der Waals surface area (Å²) < 4.78 is 26.1. The van der Waals surface area contributed by atoms with Gasteiger partial charge in [0, 0.05) is 32.7 Å². The topological polar surface area (TPSA) is 180 Å². The predicted molar refractivity (Wildman–Crippen MR) is 123 cm³/mol. The summed E-state index contributed by atoms with van der Waals surface area (Å²) in [6.45, 7) is 0.595. The van der Waals surface area contributed by atoms with Gasteiger partial charge in [-0.2, -0.15) is 0 Å². The van der Waals surface area contributed by atoms with Crippen LogP contribution < -0.4 is 27.0 Å². The molecule has 4 N–H and O–H groups in total. The maximum Gasteiger partial charge on any atom is 0.332 e. The number of carbonyl (C=O) groups excluding carboxylic acids is 2. The molecule has 182 valence electrons. The van der Waals surface area contributed by atoms with E-state index in [-0.39, 0.29) is 34.4 Å². The Bertz CT molecular complexity index is 1450. The van der Waals surface area contributed by atoms with E-state index in [1.807, 2.05) is 0 Å². The van der Waals surface area contributed by atoms with E-state index in [1.54, 1.807) is 0 Å². The molecule has 0 bridgehead atoms. The van der Waals surface area contributed by atoms with Crippen molar-refractivity contribution in [2.75, 3.05) is 13.1 Å². The molecule has 0 spiro atoms. The first-order valence-electron chi connectivity index (χ1n) is 10.3. The van der Waals surface area contributed by atoms with E-state index in [0.717, 1.165) is 4.57 Å². The molecule has 0 saturated heterocycles. The zero-order valence-corrected chi connectivity index (χ0v) is 19.5. The summed E-state index contributed by atoms with van der Waals surface area (Å²) in [6, 6.07) is 5.28. The molecule has 0 aliphatic heterocycles. The number of nitrogens with two attached hydrogens (primary N) is 1. The van der Waals surface area contributed by atoms with Gasteiger partial charge in [-0.25, -0.2) is 23.3 Å². The van der Waals surface area contributed by atoms with Crippen LogP contribution in [0.15, 0.2) is 45.1 Å². The Hall–Kier alpha value is -3.78. The van der Waals surface area contributed by atoms with Crippen LogP contribution in [0.25, 0.3) is 11.2 Å². The van der Waals surface area contributed by atoms with Crippen molar-refractivity contribution in [3.63, 3.8) is 0 Å². The van der Waals surface area contributed by atoms with Gasteiger partial charge in [0.1, 0.15) is 6.54 Å². The lowest BCUT2D eigenvalue weighted by Crippen LogP contribution is -2.38. The van der Waals surface area contributed by atoms with Gasteiger partial charge in [-0.05, 0) is 37.1 Å². The fourth-order valence-electron chi connectivity index (χ4n) is 3.31. The van der Waals surface area contributed by atoms with Crippen molar-refractivity contribution in [3.8, 4) is 0 Å². The number of benzene rings is 1. The molecule has 0 atom stereocenters. The molecule has 0 aliphatic carbocycles. The Kier molecular flexibility index (Phi) is 7.32. The number of nitrogens with zero attached hydrogens (tertiary/aromatic N) is 4. The van der Waals surface area contributed by atoms with E-state index < -0.39 is 21.3 Å². The molecule has 13 nitrogen and oxygen atoms in total. The molecule has 0 aliphatic rings. The molecule has 2 heterocycles. The number of imidazole rings is 1. The average Bonchev–Trinajstić information content (AvgIpc) is 3.21. The number of amides is 2. The first-order chi connectivity index (χ1) is 16.0. The van der Waals surface area contributed by atoms with Crippen LogP contribution in [0.2, 0.25) is 0 Å². The number of hydrogen-bond donors (Lipinski definition) is 3. The van der Waals surface area contributed by atoms with Crippen LogP contribution in [0.4, 0.5) is 0 Å². The van der Waals surface area contributed by atoms with Gasteiger partial charge < -0.3 is 15.2 Å². The van der Waals surface area contributed by atoms with E-state index >= 15 is 0 Å². The third-order valence-corrected chi connectivity index (χ3v) is 6.12. The quantitative estimate of drug-likeness (QED) is 0.302. The Morgan fingerprint density at radius 1 is 1.00 bits per heavy atom. The van der Waals surface area contributed by atoms with Crippen molar-refractivity contribution in [2.24, 2.45) is 19.2 Å². The van der Waals surface area contributed by atoms with Crippen LogP contribution in [0.1, 0.15) is 23.2 Å². The Morgan fingerprint density at radius 3 is 2.24 bits per heavy atom. The first-order valence-corrected chi connectivity index (χ1v) is 11.8. The molecule has 3 aromatic rings. The van der Waals surface area contributed by atoms with Crippen molar-refractivity contribution in [2.45, 2.75) is 24.3 Å². The highest BCUT2D eigenvalue weighted by atomic mass is 32.2. The van der Waals surface area contributed by atoms with Crippen LogP contribution in [-0.4, -0.2) is 52.0 Å². The first kappa shape index (κ1) is 24.9. The summed E-state index contributed by atoms with van der Waals surface area (Å²) in [5.41, 5.74) is -0.356. The Morgan fingerprint density at radius 2 is 1.62 bits per heavy atom. The van der Waals surface area contributed by atoms with Crippen molar-refractivity contribution in [1.29, 1.82) is 0 Å². The number of carbonyl (C=O) groups is 2. The molecule has 0 saturated carbocycles. The zero-order chi connectivity index (χ0) is 25.0. The summed E-state index contributed by atoms with van der Waals surface area (Å²) in [4.78, 5) is 52.8. The lowest BCUT2D eigenvalue weighted by molar-refractivity contribution is -0.121. The third-order valence-electron chi connectivity index (χ3n) is 5.19. The summed E-state index contributed by atoms with van der Waals surface area (Å²) in [5, 5.41) is 10.5. The van der Waals surface area contributed by atoms with Crippen LogP contribution in [-0.2, 0) is 35.5 Å². The fourth-order valence-corrected chi connectivity index (χ4v) is 3.82. The highest BCUT2D eigenvalue weighted by molar-refractivity contribution is 7.89. The second-order valence-electron chi connectivity index (χ2n) is 7.63. The predicted octanol–water partition coefficient (Wildman–Crippen LogP) is -1.59. The van der Waals surface area contributed by atoms with Crippen molar-refractivity contribution >= 4 is 33.0 Å². The van der Waals surface area contributed by atoms with Gasteiger partial charge in [0.15, 0.2) is 11.2 Å². The van der Waals surface area contributed by atoms with E-state index in [0.29, 0.717) is 31.5 Å². The number of sulfonamides is 1. The minimum absolute atomic E-state index is 0.0760. The summed E-state index contributed by atoms with van der Waals surface area (Å²) in [7, 11) is -0.955. The number of aromatic nitrogens is 4. The largest absolute Gasteiger partial charge is 0.355 e. The Balaban J connectivity index is 1.44. The molecule has 0 unspecified atom stereocenters. The Labute approximate surface area is 194 Å². The zero-order valence-electron chi connectivity index (χ0n) is 18.6. The van der Waals surface area contributed by atoms with Crippen molar-refractivity contribution in [3.05, 3.63) is 57.0 Å². The van der Waals surface area contributed by atoms with E-state index in [2.05, 4.69) is 15.6 Å². The lowest BCUT2D eigenvalue weighted by Gasteiger charge is -2.08. The molecule has 3 rings (SSSR count). The minimum Gasteiger partial charge on any atom is -0.355 e. The highest BCUT2D eigenvalue weighted by Crippen LogP contribution is 2.09. The normalized spacial score (nSPS) is 11.5. The van der Waals surface area contributed by atoms with Crippen molar-refractivity contribution in [1.82, 2.24) is 29.3 Å². The van der Waals surface area contributed by atoms with Gasteiger partial charge in [0.25, 0.3) is 11.5 Å². The molecule has 34 heavy (non-hydrogen) atoms. The summed E-state index contributed by atoms with van der Waals surface area (Å²) in [6.07, 6.45) is 2.53. The summed E-state index contributed by atoms with van der Waals surface area (Å²) in [5.74, 6) is -0.679. The number of primary sulfonamides is 1. The number of nitrogens with one attached hydrogen (secondary N) is 2.